The summed E-state index contributed by atoms with van der Waals surface area (Å²) < 4.78 is 0. The van der Waals surface area contributed by atoms with Crippen LogP contribution in [0.3, 0.4) is 0 Å². The number of H-pyrrole nitrogens is 1. The van der Waals surface area contributed by atoms with Crippen LogP contribution in [0.15, 0.2) is 30.5 Å². The van der Waals surface area contributed by atoms with E-state index in [1.807, 2.05) is 45.0 Å². The molecule has 139 heavy (non-hydrogen) atoms. The summed E-state index contributed by atoms with van der Waals surface area (Å²) in [6.45, 7) is 19.3. The van der Waals surface area contributed by atoms with E-state index < -0.39 is 208 Å². The molecule has 2 bridgehead atoms. The maximum Gasteiger partial charge on any atom is 0.246 e. The van der Waals surface area contributed by atoms with Crippen molar-refractivity contribution in [3.8, 4) is 0 Å². The van der Waals surface area contributed by atoms with Gasteiger partial charge in [-0.2, -0.15) is 11.8 Å². The van der Waals surface area contributed by atoms with E-state index in [0.717, 1.165) is 16.5 Å². The van der Waals surface area contributed by atoms with Crippen molar-refractivity contribution in [2.24, 2.45) is 51.7 Å². The number of carbonyl (C=O) groups is 19. The fraction of sp³-hybridized carbons (Fsp3) is 0.713. The second-order valence-electron chi connectivity index (χ2n) is 38.8. The number of para-hydroxylation sites is 1. The van der Waals surface area contributed by atoms with Crippen LogP contribution in [0.5, 0.6) is 0 Å². The number of nitrogens with one attached hydrogen (secondary N) is 15. The Morgan fingerprint density at radius 1 is 0.424 bits per heavy atom. The number of likely N-dealkylation sites (tertiary alicyclic amines) is 3. The molecule has 27 N–H and O–H groups in total. The predicted molar refractivity (Wildman–Crippen MR) is 521 cm³/mol. The molecule has 2 aromatic rings. The molecule has 5 aliphatic rings. The van der Waals surface area contributed by atoms with Gasteiger partial charge in [-0.3, -0.25) is 91.1 Å². The number of benzene rings is 1. The fourth-order valence-electron chi connectivity index (χ4n) is 17.9. The summed E-state index contributed by atoms with van der Waals surface area (Å²) in [6, 6.07) is -11.2. The summed E-state index contributed by atoms with van der Waals surface area (Å²) in [5.74, 6) is -12.3. The lowest BCUT2D eigenvalue weighted by Gasteiger charge is -2.38. The number of aromatic nitrogens is 1. The maximum atomic E-state index is 14.6. The smallest absolute Gasteiger partial charge is 0.246 e. The van der Waals surface area contributed by atoms with Crippen LogP contribution in [-0.2, 0) is 97.5 Å². The first-order chi connectivity index (χ1) is 65.9. The number of piperidine rings is 2. The summed E-state index contributed by atoms with van der Waals surface area (Å²) in [7, 11) is 0. The Morgan fingerprint density at radius 3 is 1.19 bits per heavy atom. The molecule has 19 amide bonds. The van der Waals surface area contributed by atoms with E-state index in [2.05, 4.69) is 79.4 Å². The van der Waals surface area contributed by atoms with Gasteiger partial charge in [0, 0.05) is 92.0 Å². The van der Waals surface area contributed by atoms with E-state index in [1.54, 1.807) is 37.6 Å². The average molecular weight is 1970 g/mol. The van der Waals surface area contributed by atoms with Crippen LogP contribution in [0.1, 0.15) is 229 Å². The third-order valence-electron chi connectivity index (χ3n) is 26.2. The van der Waals surface area contributed by atoms with Gasteiger partial charge in [0.25, 0.3) is 0 Å². The number of rotatable bonds is 54. The van der Waals surface area contributed by atoms with Crippen LogP contribution in [0, 0.1) is 17.3 Å². The molecule has 1 unspecified atom stereocenters. The minimum Gasteiger partial charge on any atom is -0.368 e. The van der Waals surface area contributed by atoms with Crippen molar-refractivity contribution in [3.05, 3.63) is 36.0 Å². The number of nitrogens with two attached hydrogens (primary N) is 6. The third-order valence-corrected chi connectivity index (χ3v) is 27.6. The van der Waals surface area contributed by atoms with Gasteiger partial charge < -0.3 is 133 Å². The van der Waals surface area contributed by atoms with E-state index in [-0.39, 0.29) is 133 Å². The average Bonchev–Trinajstić information content (AvgIpc) is 1.62. The number of aromatic amines is 1. The minimum absolute atomic E-state index is 0.0509. The second-order valence-corrected chi connectivity index (χ2v) is 40.1. The van der Waals surface area contributed by atoms with Gasteiger partial charge in [-0.25, -0.2) is 0 Å². The number of unbranched alkanes of at least 4 members (excludes halogenated alkanes) is 5. The largest absolute Gasteiger partial charge is 0.368 e. The molecule has 18 atom stereocenters. The van der Waals surface area contributed by atoms with Gasteiger partial charge in [-0.1, -0.05) is 39.0 Å². The maximum absolute atomic E-state index is 14.6. The molecule has 5 aliphatic heterocycles. The molecule has 776 valence electrons. The summed E-state index contributed by atoms with van der Waals surface area (Å²) in [5.41, 5.74) is 36.1. The van der Waals surface area contributed by atoms with Crippen molar-refractivity contribution in [2.45, 2.75) is 338 Å². The molecule has 5 fully saturated rings. The summed E-state index contributed by atoms with van der Waals surface area (Å²) >= 11 is 1.68. The third kappa shape index (κ3) is 35.2. The first-order valence-corrected chi connectivity index (χ1v) is 50.4. The van der Waals surface area contributed by atoms with Gasteiger partial charge in [-0.15, -0.1) is 0 Å². The number of amides is 19. The number of thioether (sulfide) groups is 1. The lowest BCUT2D eigenvalue weighted by atomic mass is 9.86. The van der Waals surface area contributed by atoms with Gasteiger partial charge in [0.05, 0.1) is 0 Å². The highest BCUT2D eigenvalue weighted by Crippen LogP contribution is 2.39. The number of primary amides is 1. The lowest BCUT2D eigenvalue weighted by Crippen LogP contribution is -2.59. The van der Waals surface area contributed by atoms with Crippen LogP contribution in [0.2, 0.25) is 0 Å². The number of hydrogen-bond donors (Lipinski definition) is 21. The van der Waals surface area contributed by atoms with Gasteiger partial charge in [-0.05, 0) is 246 Å². The van der Waals surface area contributed by atoms with Gasteiger partial charge in [0.1, 0.15) is 96.7 Å². The van der Waals surface area contributed by atoms with Crippen molar-refractivity contribution < 1.29 is 91.1 Å². The van der Waals surface area contributed by atoms with Gasteiger partial charge in [0.2, 0.25) is 112 Å². The lowest BCUT2D eigenvalue weighted by molar-refractivity contribution is -0.147. The van der Waals surface area contributed by atoms with Crippen LogP contribution in [0.25, 0.3) is 10.9 Å². The zero-order valence-corrected chi connectivity index (χ0v) is 83.4. The Balaban J connectivity index is 0.846. The van der Waals surface area contributed by atoms with Crippen molar-refractivity contribution in [1.82, 2.24) is 99.0 Å². The van der Waals surface area contributed by atoms with Crippen molar-refractivity contribution in [2.75, 3.05) is 71.2 Å². The van der Waals surface area contributed by atoms with Crippen LogP contribution >= 0.6 is 11.8 Å². The highest BCUT2D eigenvalue weighted by molar-refractivity contribution is 8.00. The van der Waals surface area contributed by atoms with Crippen molar-refractivity contribution >= 4 is 135 Å². The standard InChI is InChI=1S/C94H155N25O19S/c1-52(104-81(126)56(5)108-90(135)74-32-31-63-51-139-64-47-75(93(138)119(63)74)118(50-64)59(8)120)77(122)102-53(2)78(123)105-57(6)82(127)109-67(26-14-19-37-95)85(130)107-55(4)80(125)103-54(3)79(124)106-58(7)83(128)115-73(48-94(9,10)11)92(137)117-44-35-61(36-45-117)91(136)116-42-33-60(34-43-116)84(129)110-68(27-15-20-38-96)86(131)111-69(28-16-21-39-97)87(132)112-70(29-17-22-40-98)88(133)113-71(30-18-23-41-99)89(134)114-72(76(100)121)46-62-49-101-66-25-13-12-24-65(62)66/h12-13,24-25,49,52-58,60-61,63-64,67-75,101H,14-23,26-48,50-51,95-99H2,1-11H3,(H2,100,121)(H,102,122)(H,103,125)(H,104,126)(H,105,123)(H,106,124)(H,107,130)(H,108,135)(H,109,127)(H,110,129)(H,111,131)(H,112,132)(H,113,133)(H,114,134)(H,115,128)/t52-,53-,54-,55-,56-,57-,58-,63?,64+,67-,68-,69-,70-,71-,72-,73-,74-,75+/m0/s1. The molecule has 45 heteroatoms. The number of fused-ring (bicyclic) bond motifs is 4. The summed E-state index contributed by atoms with van der Waals surface area (Å²) in [5, 5.41) is 38.3. The summed E-state index contributed by atoms with van der Waals surface area (Å²) in [6.07, 6.45) is 9.57. The fourth-order valence-corrected chi connectivity index (χ4v) is 19.3. The van der Waals surface area contributed by atoms with Crippen LogP contribution < -0.4 is 109 Å². The normalized spacial score (nSPS) is 19.8. The number of hydrogen-bond acceptors (Lipinski definition) is 25. The monoisotopic (exact) mass is 1970 g/mol. The molecule has 1 aromatic heterocycles. The van der Waals surface area contributed by atoms with Gasteiger partial charge in [0.15, 0.2) is 0 Å². The minimum atomic E-state index is -1.30. The first-order valence-electron chi connectivity index (χ1n) is 49.3. The van der Waals surface area contributed by atoms with Crippen LogP contribution in [0.4, 0.5) is 0 Å². The molecular formula is C94H155N25O19S. The van der Waals surface area contributed by atoms with Crippen molar-refractivity contribution in [1.29, 1.82) is 0 Å². The Hall–Kier alpha value is -11.2. The number of nitrogens with zero attached hydrogens (tertiary/aromatic N) is 4. The Morgan fingerprint density at radius 2 is 0.784 bits per heavy atom. The molecule has 6 heterocycles. The Kier molecular flexibility index (Phi) is 46.5. The number of carbonyl (C=O) groups excluding carboxylic acids is 19. The van der Waals surface area contributed by atoms with E-state index in [0.29, 0.717) is 122 Å². The zero-order chi connectivity index (χ0) is 103. The first kappa shape index (κ1) is 115. The van der Waals surface area contributed by atoms with E-state index in [4.69, 9.17) is 34.4 Å². The Labute approximate surface area is 818 Å². The molecule has 0 aliphatic carbocycles. The molecule has 44 nitrogen and oxygen atoms in total. The predicted octanol–water partition coefficient (Wildman–Crippen LogP) is -3.22. The van der Waals surface area contributed by atoms with Gasteiger partial charge >= 0.3 is 0 Å². The molecule has 0 saturated carbocycles. The van der Waals surface area contributed by atoms with Crippen molar-refractivity contribution in [3.63, 3.8) is 0 Å². The topological polar surface area (TPSA) is 678 Å². The quantitative estimate of drug-likeness (QED) is 0.0290. The molecule has 5 saturated heterocycles. The highest BCUT2D eigenvalue weighted by atomic mass is 32.2. The molecule has 1 aromatic carbocycles. The molecule has 0 radical (unpaired) electrons. The zero-order valence-electron chi connectivity index (χ0n) is 82.6. The molecular weight excluding hydrogens is 1820 g/mol. The van der Waals surface area contributed by atoms with Crippen LogP contribution in [-0.4, -0.2) is 316 Å². The molecule has 7 rings (SSSR count). The SMILES string of the molecule is CC(=O)N1C[C@H]2C[C@@H]1C(=O)N1C(CC[C@H]1C(=O)N[C@@H](C)C(=O)N[C@@H](C)C(=O)N[C@@H](C)C(=O)N[C@@H](C)C(=O)N[C@@H](CCCCN)C(=O)N[C@@H](C)C(=O)N[C@@H](C)C(=O)N[C@@H](C)C(=O)N[C@@H](CC(C)(C)C)C(=O)N1CCC(C(=O)N3CCC(C(=O)N[C@@H](CCCCN)C(=O)N[C@@H](CCCCN)C(=O)N[C@@H](CCCCN)C(=O)N[C@@H](CCCCN)C(=O)N[C@@H](Cc4c[nH]c5ccccc45)C(N)=O)CC3)CC1)CS2. The van der Waals surface area contributed by atoms with E-state index in [1.165, 1.54) is 55.4 Å². The van der Waals surface area contributed by atoms with E-state index >= 15 is 0 Å². The highest BCUT2D eigenvalue weighted by Gasteiger charge is 2.51. The Bertz CT molecular complexity index is 4560. The second kappa shape index (κ2) is 56.3. The van der Waals surface area contributed by atoms with E-state index in [9.17, 15) is 91.1 Å². The molecule has 0 spiro atoms. The summed E-state index contributed by atoms with van der Waals surface area (Å²) in [4.78, 5) is 272.